The molecule has 0 radical (unpaired) electrons. The van der Waals surface area contributed by atoms with Crippen molar-refractivity contribution >= 4 is 36.7 Å². The molecule has 1 aromatic carbocycles. The molecule has 0 saturated carbocycles. The van der Waals surface area contributed by atoms with Gasteiger partial charge in [-0.3, -0.25) is 0 Å². The first-order valence-corrected chi connectivity index (χ1v) is 17.9. The summed E-state index contributed by atoms with van der Waals surface area (Å²) in [5, 5.41) is 7.44. The lowest BCUT2D eigenvalue weighted by Crippen LogP contribution is -2.50. The fourth-order valence-corrected chi connectivity index (χ4v) is 6.01. The van der Waals surface area contributed by atoms with Gasteiger partial charge in [0, 0.05) is 61.0 Å². The number of rotatable bonds is 9. The van der Waals surface area contributed by atoms with Crippen LogP contribution in [-0.4, -0.2) is 53.6 Å². The summed E-state index contributed by atoms with van der Waals surface area (Å²) < 4.78 is 50.5. The Labute approximate surface area is 228 Å². The Bertz CT molecular complexity index is 1260. The molecule has 4 rings (SSSR count). The van der Waals surface area contributed by atoms with E-state index in [1.165, 1.54) is 0 Å². The number of piperidine rings is 1. The van der Waals surface area contributed by atoms with Crippen LogP contribution in [0, 0.1) is 0 Å². The average Bonchev–Trinajstić information content (AvgIpc) is 3.20. The van der Waals surface area contributed by atoms with Crippen LogP contribution in [0.2, 0.25) is 25.7 Å². The van der Waals surface area contributed by atoms with Gasteiger partial charge in [-0.25, -0.2) is 9.97 Å². The van der Waals surface area contributed by atoms with Gasteiger partial charge in [0.15, 0.2) is 0 Å². The number of halogens is 3. The number of benzene rings is 1. The van der Waals surface area contributed by atoms with E-state index in [1.54, 1.807) is 18.0 Å². The lowest BCUT2D eigenvalue weighted by Gasteiger charge is -2.36. The lowest BCUT2D eigenvalue weighted by atomic mass is 9.91. The maximum atomic E-state index is 14.2. The Hall–Kier alpha value is -2.08. The van der Waals surface area contributed by atoms with Gasteiger partial charge in [-0.05, 0) is 45.1 Å². The van der Waals surface area contributed by atoms with Gasteiger partial charge in [-0.15, -0.1) is 11.8 Å². The van der Waals surface area contributed by atoms with Crippen molar-refractivity contribution < 1.29 is 17.9 Å². The molecular formula is C27H38F3N5OSSi. The van der Waals surface area contributed by atoms with Gasteiger partial charge >= 0.3 is 6.18 Å². The highest BCUT2D eigenvalue weighted by Gasteiger charge is 2.37. The summed E-state index contributed by atoms with van der Waals surface area (Å²) in [5.41, 5.74) is 0.342. The number of hydrogen-bond acceptors (Lipinski definition) is 6. The molecule has 0 bridgehead atoms. The number of hydrogen-bond donors (Lipinski definition) is 2. The van der Waals surface area contributed by atoms with Crippen LogP contribution in [0.25, 0.3) is 22.2 Å². The lowest BCUT2D eigenvalue weighted by molar-refractivity contribution is -0.137. The zero-order valence-corrected chi connectivity index (χ0v) is 24.8. The van der Waals surface area contributed by atoms with E-state index < -0.39 is 19.8 Å². The minimum absolute atomic E-state index is 0.0387. The molecule has 1 fully saturated rings. The van der Waals surface area contributed by atoms with Crippen LogP contribution in [0.1, 0.15) is 32.3 Å². The van der Waals surface area contributed by atoms with Crippen molar-refractivity contribution in [3.8, 4) is 11.3 Å². The Morgan fingerprint density at radius 3 is 2.66 bits per heavy atom. The third kappa shape index (κ3) is 6.91. The second-order valence-corrected chi connectivity index (χ2v) is 18.3. The molecule has 1 atom stereocenters. The predicted molar refractivity (Wildman–Crippen MR) is 153 cm³/mol. The maximum Gasteiger partial charge on any atom is 0.419 e. The molecule has 11 heteroatoms. The molecule has 6 nitrogen and oxygen atoms in total. The third-order valence-corrected chi connectivity index (χ3v) is 9.41. The second-order valence-electron chi connectivity index (χ2n) is 11.8. The van der Waals surface area contributed by atoms with Gasteiger partial charge in [-0.1, -0.05) is 31.8 Å². The monoisotopic (exact) mass is 565 g/mol. The number of fused-ring (bicyclic) bond motifs is 1. The summed E-state index contributed by atoms with van der Waals surface area (Å²) in [6, 6.07) is 6.75. The van der Waals surface area contributed by atoms with Gasteiger partial charge in [0.05, 0.1) is 11.2 Å². The third-order valence-electron chi connectivity index (χ3n) is 6.94. The standard InChI is InChI=1S/C27H38F3N5OSSi/c1-26(2)11-10-18(14-32-26)33-25-31-15-21(27(28,29)30)23(34-25)20-16-35(17-36-12-13-38(4,5)6)24-19(20)8-7-9-22(24)37-3/h7-9,15-16,18,32H,10-14,17H2,1-6H3,(H,31,33,34)/t18-/m0/s1. The number of para-hydroxylation sites is 1. The normalized spacial score (nSPS) is 18.2. The molecule has 38 heavy (non-hydrogen) atoms. The zero-order chi connectivity index (χ0) is 27.7. The first-order chi connectivity index (χ1) is 17.8. The van der Waals surface area contributed by atoms with E-state index in [1.807, 2.05) is 29.0 Å². The molecular weight excluding hydrogens is 527 g/mol. The van der Waals surface area contributed by atoms with Crippen molar-refractivity contribution in [3.63, 3.8) is 0 Å². The van der Waals surface area contributed by atoms with Crippen LogP contribution in [0.3, 0.4) is 0 Å². The van der Waals surface area contributed by atoms with E-state index in [4.69, 9.17) is 4.74 Å². The van der Waals surface area contributed by atoms with E-state index in [0.717, 1.165) is 35.5 Å². The van der Waals surface area contributed by atoms with Crippen molar-refractivity contribution in [2.45, 2.75) is 81.8 Å². The van der Waals surface area contributed by atoms with Crippen LogP contribution in [0.5, 0.6) is 0 Å². The van der Waals surface area contributed by atoms with Crippen LogP contribution in [0.4, 0.5) is 19.1 Å². The van der Waals surface area contributed by atoms with Crippen molar-refractivity contribution in [2.75, 3.05) is 24.7 Å². The Kier molecular flexibility index (Phi) is 8.51. The van der Waals surface area contributed by atoms with Gasteiger partial charge in [0.1, 0.15) is 12.3 Å². The molecule has 0 spiro atoms. The largest absolute Gasteiger partial charge is 0.419 e. The van der Waals surface area contributed by atoms with E-state index in [2.05, 4.69) is 54.1 Å². The van der Waals surface area contributed by atoms with Crippen molar-refractivity contribution in [3.05, 3.63) is 36.2 Å². The highest BCUT2D eigenvalue weighted by Crippen LogP contribution is 2.41. The molecule has 3 heterocycles. The highest BCUT2D eigenvalue weighted by atomic mass is 32.2. The SMILES string of the molecule is CSc1cccc2c(-c3nc(N[C@H]4CCC(C)(C)NC4)ncc3C(F)(F)F)cn(COCC[Si](C)(C)C)c12. The van der Waals surface area contributed by atoms with Crippen LogP contribution in [0.15, 0.2) is 35.5 Å². The fraction of sp³-hybridized carbons (Fsp3) is 0.556. The minimum atomic E-state index is -4.59. The average molecular weight is 566 g/mol. The Morgan fingerprint density at radius 1 is 1.26 bits per heavy atom. The van der Waals surface area contributed by atoms with E-state index in [9.17, 15) is 13.2 Å². The van der Waals surface area contributed by atoms with E-state index in [0.29, 0.717) is 24.1 Å². The van der Waals surface area contributed by atoms with Gasteiger partial charge < -0.3 is 19.9 Å². The highest BCUT2D eigenvalue weighted by molar-refractivity contribution is 7.98. The van der Waals surface area contributed by atoms with Crippen molar-refractivity contribution in [1.29, 1.82) is 0 Å². The van der Waals surface area contributed by atoms with Crippen LogP contribution >= 0.6 is 11.8 Å². The quantitative estimate of drug-likeness (QED) is 0.164. The van der Waals surface area contributed by atoms with E-state index in [-0.39, 0.29) is 30.0 Å². The molecule has 2 N–H and O–H groups in total. The number of nitrogens with zero attached hydrogens (tertiary/aromatic N) is 3. The second kappa shape index (κ2) is 11.2. The first kappa shape index (κ1) is 28.9. The number of alkyl halides is 3. The molecule has 0 unspecified atom stereocenters. The molecule has 2 aromatic heterocycles. The molecule has 0 aliphatic carbocycles. The number of aromatic nitrogens is 3. The fourth-order valence-electron chi connectivity index (χ4n) is 4.62. The Balaban J connectivity index is 1.73. The Morgan fingerprint density at radius 2 is 2.03 bits per heavy atom. The zero-order valence-electron chi connectivity index (χ0n) is 23.0. The summed E-state index contributed by atoms with van der Waals surface area (Å²) in [5.74, 6) is 0.202. The topological polar surface area (TPSA) is 64.0 Å². The number of thioether (sulfide) groups is 1. The summed E-state index contributed by atoms with van der Waals surface area (Å²) >= 11 is 1.56. The van der Waals surface area contributed by atoms with Crippen molar-refractivity contribution in [1.82, 2.24) is 19.9 Å². The van der Waals surface area contributed by atoms with Gasteiger partial charge in [-0.2, -0.15) is 13.2 Å². The maximum absolute atomic E-state index is 14.2. The molecule has 1 aliphatic heterocycles. The minimum Gasteiger partial charge on any atom is -0.361 e. The van der Waals surface area contributed by atoms with Gasteiger partial charge in [0.25, 0.3) is 0 Å². The van der Waals surface area contributed by atoms with Crippen molar-refractivity contribution in [2.24, 2.45) is 0 Å². The molecule has 208 valence electrons. The molecule has 3 aromatic rings. The number of nitrogens with one attached hydrogen (secondary N) is 2. The molecule has 0 amide bonds. The number of ether oxygens (including phenoxy) is 1. The van der Waals surface area contributed by atoms with Crippen LogP contribution in [-0.2, 0) is 17.6 Å². The van der Waals surface area contributed by atoms with Gasteiger partial charge in [0.2, 0.25) is 5.95 Å². The van der Waals surface area contributed by atoms with Crippen LogP contribution < -0.4 is 10.6 Å². The summed E-state index contributed by atoms with van der Waals surface area (Å²) in [4.78, 5) is 9.50. The smallest absolute Gasteiger partial charge is 0.361 e. The molecule has 1 saturated heterocycles. The first-order valence-electron chi connectivity index (χ1n) is 13.0. The molecule has 1 aliphatic rings. The van der Waals surface area contributed by atoms with E-state index >= 15 is 0 Å². The summed E-state index contributed by atoms with van der Waals surface area (Å²) in [6.45, 7) is 12.7. The summed E-state index contributed by atoms with van der Waals surface area (Å²) in [6.07, 6.45) is 1.84. The summed E-state index contributed by atoms with van der Waals surface area (Å²) in [7, 11) is -1.27. The number of anilines is 1. The predicted octanol–water partition coefficient (Wildman–Crippen LogP) is 7.09.